The average molecular weight is 394 g/mol. The van der Waals surface area contributed by atoms with Gasteiger partial charge in [-0.1, -0.05) is 37.3 Å². The molecule has 0 radical (unpaired) electrons. The number of hydrogen-bond acceptors (Lipinski definition) is 5. The fourth-order valence-corrected chi connectivity index (χ4v) is 4.13. The van der Waals surface area contributed by atoms with Crippen LogP contribution in [0.3, 0.4) is 0 Å². The maximum Gasteiger partial charge on any atom is 0.272 e. The smallest absolute Gasteiger partial charge is 0.272 e. The Labute approximate surface area is 173 Å². The Bertz CT molecular complexity index is 779. The lowest BCUT2D eigenvalue weighted by Gasteiger charge is -2.36. The molecule has 0 spiro atoms. The van der Waals surface area contributed by atoms with Gasteiger partial charge in [-0.2, -0.15) is 0 Å². The first-order valence-corrected chi connectivity index (χ1v) is 10.7. The standard InChI is InChI=1S/C23H31N5O/c1-2-25-10-16-28(17-11-25)23(29)22-9-8-21(18-24-22)27-14-12-26(13-15-27)19-20-6-4-3-5-7-20/h3-9,18H,2,10-17,19H2,1H3. The quantitative estimate of drug-likeness (QED) is 0.779. The molecule has 1 aromatic carbocycles. The Morgan fingerprint density at radius 1 is 0.862 bits per heavy atom. The number of hydrogen-bond donors (Lipinski definition) is 0. The SMILES string of the molecule is CCN1CCN(C(=O)c2ccc(N3CCN(Cc4ccccc4)CC3)cn2)CC1. The van der Waals surface area contributed by atoms with Crippen LogP contribution in [0.15, 0.2) is 48.7 Å². The number of anilines is 1. The first-order valence-electron chi connectivity index (χ1n) is 10.7. The molecule has 2 fully saturated rings. The van der Waals surface area contributed by atoms with Crippen LogP contribution in [0.4, 0.5) is 5.69 Å². The summed E-state index contributed by atoms with van der Waals surface area (Å²) < 4.78 is 0. The third-order valence-electron chi connectivity index (χ3n) is 6.06. The minimum absolute atomic E-state index is 0.0555. The number of benzene rings is 1. The number of piperazine rings is 2. The fraction of sp³-hybridized carbons (Fsp3) is 0.478. The predicted octanol–water partition coefficient (Wildman–Crippen LogP) is 2.18. The largest absolute Gasteiger partial charge is 0.368 e. The predicted molar refractivity (Wildman–Crippen MR) is 116 cm³/mol. The molecule has 29 heavy (non-hydrogen) atoms. The van der Waals surface area contributed by atoms with E-state index in [9.17, 15) is 4.79 Å². The highest BCUT2D eigenvalue weighted by molar-refractivity contribution is 5.92. The van der Waals surface area contributed by atoms with E-state index in [1.54, 1.807) is 0 Å². The van der Waals surface area contributed by atoms with Gasteiger partial charge in [0.15, 0.2) is 0 Å². The van der Waals surface area contributed by atoms with E-state index in [0.717, 1.165) is 71.1 Å². The molecule has 6 heteroatoms. The van der Waals surface area contributed by atoms with Crippen molar-refractivity contribution < 1.29 is 4.79 Å². The molecule has 6 nitrogen and oxygen atoms in total. The second-order valence-electron chi connectivity index (χ2n) is 7.88. The number of carbonyl (C=O) groups is 1. The molecule has 2 aliphatic heterocycles. The number of aromatic nitrogens is 1. The monoisotopic (exact) mass is 393 g/mol. The van der Waals surface area contributed by atoms with Crippen molar-refractivity contribution in [1.82, 2.24) is 19.7 Å². The molecule has 0 aliphatic carbocycles. The van der Waals surface area contributed by atoms with Gasteiger partial charge in [-0.25, -0.2) is 4.98 Å². The van der Waals surface area contributed by atoms with Crippen LogP contribution in [-0.2, 0) is 6.54 Å². The molecule has 1 aromatic heterocycles. The molecule has 2 aliphatic rings. The Morgan fingerprint density at radius 3 is 2.17 bits per heavy atom. The summed E-state index contributed by atoms with van der Waals surface area (Å²) in [6.07, 6.45) is 1.86. The Morgan fingerprint density at radius 2 is 1.55 bits per heavy atom. The number of likely N-dealkylation sites (N-methyl/N-ethyl adjacent to an activating group) is 1. The molecular weight excluding hydrogens is 362 g/mol. The minimum Gasteiger partial charge on any atom is -0.368 e. The lowest BCUT2D eigenvalue weighted by molar-refractivity contribution is 0.0637. The number of nitrogens with zero attached hydrogens (tertiary/aromatic N) is 5. The molecule has 4 rings (SSSR count). The van der Waals surface area contributed by atoms with Crippen molar-refractivity contribution in [2.24, 2.45) is 0 Å². The third kappa shape index (κ3) is 4.95. The van der Waals surface area contributed by atoms with Crippen LogP contribution in [0.25, 0.3) is 0 Å². The van der Waals surface area contributed by atoms with Crippen molar-refractivity contribution in [2.75, 3.05) is 63.8 Å². The Kier molecular flexibility index (Phi) is 6.42. The van der Waals surface area contributed by atoms with E-state index in [2.05, 4.69) is 63.0 Å². The van der Waals surface area contributed by atoms with E-state index in [1.807, 2.05) is 17.2 Å². The van der Waals surface area contributed by atoms with Crippen LogP contribution in [0.5, 0.6) is 0 Å². The molecule has 1 amide bonds. The van der Waals surface area contributed by atoms with Crippen molar-refractivity contribution in [3.8, 4) is 0 Å². The highest BCUT2D eigenvalue weighted by Crippen LogP contribution is 2.18. The Balaban J connectivity index is 1.29. The van der Waals surface area contributed by atoms with Crippen LogP contribution in [-0.4, -0.2) is 84.5 Å². The summed E-state index contributed by atoms with van der Waals surface area (Å²) in [5.74, 6) is 0.0555. The molecule has 0 bridgehead atoms. The van der Waals surface area contributed by atoms with Gasteiger partial charge in [-0.05, 0) is 24.2 Å². The van der Waals surface area contributed by atoms with Crippen molar-refractivity contribution in [3.63, 3.8) is 0 Å². The van der Waals surface area contributed by atoms with Gasteiger partial charge < -0.3 is 14.7 Å². The van der Waals surface area contributed by atoms with Crippen LogP contribution in [0.2, 0.25) is 0 Å². The zero-order valence-corrected chi connectivity index (χ0v) is 17.3. The van der Waals surface area contributed by atoms with E-state index in [4.69, 9.17) is 0 Å². The summed E-state index contributed by atoms with van der Waals surface area (Å²) in [5, 5.41) is 0. The van der Waals surface area contributed by atoms with Gasteiger partial charge in [-0.3, -0.25) is 9.69 Å². The summed E-state index contributed by atoms with van der Waals surface area (Å²) in [6, 6.07) is 14.6. The summed E-state index contributed by atoms with van der Waals surface area (Å²) in [6.45, 7) is 11.8. The third-order valence-corrected chi connectivity index (χ3v) is 6.06. The van der Waals surface area contributed by atoms with Crippen molar-refractivity contribution in [1.29, 1.82) is 0 Å². The topological polar surface area (TPSA) is 42.9 Å². The number of amides is 1. The lowest BCUT2D eigenvalue weighted by Crippen LogP contribution is -2.48. The van der Waals surface area contributed by atoms with Crippen LogP contribution >= 0.6 is 0 Å². The van der Waals surface area contributed by atoms with Crippen molar-refractivity contribution >= 4 is 11.6 Å². The highest BCUT2D eigenvalue weighted by atomic mass is 16.2. The second kappa shape index (κ2) is 9.37. The fourth-order valence-electron chi connectivity index (χ4n) is 4.13. The molecule has 154 valence electrons. The summed E-state index contributed by atoms with van der Waals surface area (Å²) in [4.78, 5) is 26.4. The van der Waals surface area contributed by atoms with E-state index in [0.29, 0.717) is 5.69 Å². The zero-order valence-electron chi connectivity index (χ0n) is 17.3. The highest BCUT2D eigenvalue weighted by Gasteiger charge is 2.23. The summed E-state index contributed by atoms with van der Waals surface area (Å²) in [7, 11) is 0. The molecule has 0 N–H and O–H groups in total. The molecule has 2 aromatic rings. The van der Waals surface area contributed by atoms with Crippen molar-refractivity contribution in [3.05, 3.63) is 59.9 Å². The van der Waals surface area contributed by atoms with E-state index in [1.165, 1.54) is 5.56 Å². The van der Waals surface area contributed by atoms with E-state index >= 15 is 0 Å². The molecule has 0 saturated carbocycles. The van der Waals surface area contributed by atoms with E-state index < -0.39 is 0 Å². The zero-order chi connectivity index (χ0) is 20.1. The number of rotatable bonds is 5. The Hall–Kier alpha value is -2.44. The van der Waals surface area contributed by atoms with Gasteiger partial charge in [0.2, 0.25) is 0 Å². The first kappa shape index (κ1) is 19.9. The molecule has 0 unspecified atom stereocenters. The molecule has 0 atom stereocenters. The number of pyridine rings is 1. The van der Waals surface area contributed by atoms with Gasteiger partial charge in [-0.15, -0.1) is 0 Å². The van der Waals surface area contributed by atoms with Crippen LogP contribution in [0.1, 0.15) is 23.0 Å². The molecular formula is C23H31N5O. The molecule has 2 saturated heterocycles. The van der Waals surface area contributed by atoms with Gasteiger partial charge in [0.05, 0.1) is 11.9 Å². The van der Waals surface area contributed by atoms with Gasteiger partial charge in [0.1, 0.15) is 5.69 Å². The van der Waals surface area contributed by atoms with Crippen LogP contribution in [0, 0.1) is 0 Å². The lowest BCUT2D eigenvalue weighted by atomic mass is 10.2. The minimum atomic E-state index is 0.0555. The maximum absolute atomic E-state index is 12.7. The van der Waals surface area contributed by atoms with Gasteiger partial charge in [0, 0.05) is 58.9 Å². The van der Waals surface area contributed by atoms with Crippen LogP contribution < -0.4 is 4.90 Å². The van der Waals surface area contributed by atoms with E-state index in [-0.39, 0.29) is 5.91 Å². The number of carbonyl (C=O) groups excluding carboxylic acids is 1. The van der Waals surface area contributed by atoms with Crippen molar-refractivity contribution in [2.45, 2.75) is 13.5 Å². The van der Waals surface area contributed by atoms with Gasteiger partial charge >= 0.3 is 0 Å². The summed E-state index contributed by atoms with van der Waals surface area (Å²) in [5.41, 5.74) is 3.03. The molecule has 3 heterocycles. The van der Waals surface area contributed by atoms with Gasteiger partial charge in [0.25, 0.3) is 5.91 Å². The average Bonchev–Trinajstić information content (AvgIpc) is 2.80. The summed E-state index contributed by atoms with van der Waals surface area (Å²) >= 11 is 0. The first-order chi connectivity index (χ1) is 14.2. The second-order valence-corrected chi connectivity index (χ2v) is 7.88. The maximum atomic E-state index is 12.7. The normalized spacial score (nSPS) is 18.8.